The molecule has 2 nitrogen and oxygen atoms in total. The van der Waals surface area contributed by atoms with E-state index in [0.29, 0.717) is 16.7 Å². The van der Waals surface area contributed by atoms with Crippen molar-refractivity contribution in [1.29, 1.82) is 0 Å². The molecule has 0 fully saturated rings. The van der Waals surface area contributed by atoms with Crippen molar-refractivity contribution >= 4 is 23.2 Å². The van der Waals surface area contributed by atoms with Crippen LogP contribution in [0.5, 0.6) is 0 Å². The van der Waals surface area contributed by atoms with Gasteiger partial charge in [0.25, 0.3) is 0 Å². The number of nitrogens with zero attached hydrogens (tertiary/aromatic N) is 1. The lowest BCUT2D eigenvalue weighted by atomic mass is 10.2. The highest BCUT2D eigenvalue weighted by molar-refractivity contribution is 6.41. The quantitative estimate of drug-likeness (QED) is 0.790. The van der Waals surface area contributed by atoms with Crippen molar-refractivity contribution in [3.8, 4) is 0 Å². The summed E-state index contributed by atoms with van der Waals surface area (Å²) in [5, 5.41) is 1.17. The van der Waals surface area contributed by atoms with Gasteiger partial charge in [0.2, 0.25) is 0 Å². The Morgan fingerprint density at radius 2 is 2.00 bits per heavy atom. The molecule has 72 valence electrons. The molecule has 0 unspecified atom stereocenters. The van der Waals surface area contributed by atoms with E-state index in [1.807, 2.05) is 24.1 Å². The van der Waals surface area contributed by atoms with Crippen LogP contribution < -0.4 is 5.73 Å². The Bertz CT molecular complexity index is 289. The Kier molecular flexibility index (Phi) is 4.00. The number of hydrogen-bond acceptors (Lipinski definition) is 2. The zero-order chi connectivity index (χ0) is 9.84. The number of rotatable bonds is 3. The second kappa shape index (κ2) is 4.82. The molecule has 0 saturated carbocycles. The van der Waals surface area contributed by atoms with Gasteiger partial charge in [-0.25, -0.2) is 0 Å². The summed E-state index contributed by atoms with van der Waals surface area (Å²) in [6.07, 6.45) is 0. The molecule has 0 aromatic heterocycles. The fourth-order valence-electron chi connectivity index (χ4n) is 1.01. The van der Waals surface area contributed by atoms with Crippen LogP contribution in [0.15, 0.2) is 18.2 Å². The average Bonchev–Trinajstić information content (AvgIpc) is 2.11. The van der Waals surface area contributed by atoms with E-state index in [1.165, 1.54) is 0 Å². The SMILES string of the molecule is CN(CN)Cc1ccc(Cl)c(Cl)c1. The lowest BCUT2D eigenvalue weighted by molar-refractivity contribution is 0.337. The van der Waals surface area contributed by atoms with Crippen LogP contribution in [-0.2, 0) is 6.54 Å². The minimum absolute atomic E-state index is 0.528. The van der Waals surface area contributed by atoms with Gasteiger partial charge in [-0.05, 0) is 24.7 Å². The summed E-state index contributed by atoms with van der Waals surface area (Å²) in [4.78, 5) is 1.99. The van der Waals surface area contributed by atoms with Gasteiger partial charge >= 0.3 is 0 Å². The molecule has 0 saturated heterocycles. The summed E-state index contributed by atoms with van der Waals surface area (Å²) < 4.78 is 0. The Labute approximate surface area is 88.2 Å². The molecule has 0 aliphatic rings. The van der Waals surface area contributed by atoms with Crippen molar-refractivity contribution in [2.75, 3.05) is 13.7 Å². The lowest BCUT2D eigenvalue weighted by Gasteiger charge is -2.13. The van der Waals surface area contributed by atoms with Crippen LogP contribution >= 0.6 is 23.2 Å². The van der Waals surface area contributed by atoms with E-state index in [1.54, 1.807) is 6.07 Å². The van der Waals surface area contributed by atoms with E-state index in [9.17, 15) is 0 Å². The van der Waals surface area contributed by atoms with E-state index >= 15 is 0 Å². The zero-order valence-corrected chi connectivity index (χ0v) is 8.94. The van der Waals surface area contributed by atoms with E-state index in [0.717, 1.165) is 12.1 Å². The van der Waals surface area contributed by atoms with Crippen molar-refractivity contribution in [2.45, 2.75) is 6.54 Å². The molecule has 0 atom stereocenters. The van der Waals surface area contributed by atoms with E-state index in [4.69, 9.17) is 28.9 Å². The Morgan fingerprint density at radius 1 is 1.31 bits per heavy atom. The molecule has 13 heavy (non-hydrogen) atoms. The van der Waals surface area contributed by atoms with Crippen LogP contribution in [-0.4, -0.2) is 18.6 Å². The van der Waals surface area contributed by atoms with E-state index in [2.05, 4.69) is 0 Å². The summed E-state index contributed by atoms with van der Waals surface area (Å²) >= 11 is 11.6. The molecule has 0 aliphatic carbocycles. The number of hydrogen-bond donors (Lipinski definition) is 1. The molecule has 0 bridgehead atoms. The lowest BCUT2D eigenvalue weighted by Crippen LogP contribution is -2.24. The first kappa shape index (κ1) is 10.8. The van der Waals surface area contributed by atoms with Crippen molar-refractivity contribution < 1.29 is 0 Å². The maximum Gasteiger partial charge on any atom is 0.0595 e. The molecular formula is C9H12Cl2N2. The second-order valence-electron chi connectivity index (χ2n) is 2.95. The normalized spacial score (nSPS) is 10.8. The Balaban J connectivity index is 2.73. The van der Waals surface area contributed by atoms with Gasteiger partial charge in [0.15, 0.2) is 0 Å². The van der Waals surface area contributed by atoms with Crippen LogP contribution in [0.1, 0.15) is 5.56 Å². The third-order valence-corrected chi connectivity index (χ3v) is 2.49. The molecule has 0 spiro atoms. The van der Waals surface area contributed by atoms with Gasteiger partial charge in [-0.3, -0.25) is 4.90 Å². The largest absolute Gasteiger partial charge is 0.318 e. The van der Waals surface area contributed by atoms with Gasteiger partial charge in [-0.1, -0.05) is 29.3 Å². The van der Waals surface area contributed by atoms with Gasteiger partial charge in [-0.15, -0.1) is 0 Å². The molecule has 0 amide bonds. The van der Waals surface area contributed by atoms with Gasteiger partial charge in [0.05, 0.1) is 10.0 Å². The minimum atomic E-state index is 0.528. The molecule has 0 aliphatic heterocycles. The molecule has 0 radical (unpaired) electrons. The van der Waals surface area contributed by atoms with Crippen molar-refractivity contribution in [2.24, 2.45) is 5.73 Å². The molecule has 1 aromatic rings. The number of nitrogens with two attached hydrogens (primary N) is 1. The first-order valence-corrected chi connectivity index (χ1v) is 4.71. The van der Waals surface area contributed by atoms with Crippen LogP contribution in [0, 0.1) is 0 Å². The molecule has 0 heterocycles. The van der Waals surface area contributed by atoms with Gasteiger partial charge in [0.1, 0.15) is 0 Å². The van der Waals surface area contributed by atoms with E-state index in [-0.39, 0.29) is 0 Å². The Hall–Kier alpha value is -0.280. The fourth-order valence-corrected chi connectivity index (χ4v) is 1.33. The van der Waals surface area contributed by atoms with Crippen molar-refractivity contribution in [3.63, 3.8) is 0 Å². The molecular weight excluding hydrogens is 207 g/mol. The number of benzene rings is 1. The average molecular weight is 219 g/mol. The summed E-state index contributed by atoms with van der Waals surface area (Å²) in [6, 6.07) is 5.60. The predicted octanol–water partition coefficient (Wildman–Crippen LogP) is 2.34. The standard InChI is InChI=1S/C9H12Cl2N2/c1-13(6-12)5-7-2-3-8(10)9(11)4-7/h2-4H,5-6,12H2,1H3. The highest BCUT2D eigenvalue weighted by Crippen LogP contribution is 2.22. The minimum Gasteiger partial charge on any atom is -0.318 e. The third-order valence-electron chi connectivity index (χ3n) is 1.75. The topological polar surface area (TPSA) is 29.3 Å². The smallest absolute Gasteiger partial charge is 0.0595 e. The first-order valence-electron chi connectivity index (χ1n) is 3.96. The fraction of sp³-hybridized carbons (Fsp3) is 0.333. The highest BCUT2D eigenvalue weighted by atomic mass is 35.5. The summed E-state index contributed by atoms with van der Waals surface area (Å²) in [6.45, 7) is 1.31. The third kappa shape index (κ3) is 3.16. The zero-order valence-electron chi connectivity index (χ0n) is 7.43. The highest BCUT2D eigenvalue weighted by Gasteiger charge is 2.01. The molecule has 1 aromatic carbocycles. The number of halogens is 2. The summed E-state index contributed by atoms with van der Waals surface area (Å²) in [5.41, 5.74) is 6.57. The first-order chi connectivity index (χ1) is 6.13. The van der Waals surface area contributed by atoms with Crippen LogP contribution in [0.25, 0.3) is 0 Å². The molecule has 2 N–H and O–H groups in total. The van der Waals surface area contributed by atoms with E-state index < -0.39 is 0 Å². The predicted molar refractivity (Wildman–Crippen MR) is 57.0 cm³/mol. The second-order valence-corrected chi connectivity index (χ2v) is 3.76. The maximum absolute atomic E-state index is 5.86. The Morgan fingerprint density at radius 3 is 2.54 bits per heavy atom. The van der Waals surface area contributed by atoms with Gasteiger partial charge < -0.3 is 5.73 Å². The monoisotopic (exact) mass is 218 g/mol. The summed E-state index contributed by atoms with van der Waals surface area (Å²) in [7, 11) is 1.95. The van der Waals surface area contributed by atoms with Crippen molar-refractivity contribution in [3.05, 3.63) is 33.8 Å². The van der Waals surface area contributed by atoms with Crippen LogP contribution in [0.4, 0.5) is 0 Å². The van der Waals surface area contributed by atoms with Gasteiger partial charge in [0, 0.05) is 13.2 Å². The van der Waals surface area contributed by atoms with Crippen LogP contribution in [0.2, 0.25) is 10.0 Å². The maximum atomic E-state index is 5.86. The molecule has 4 heteroatoms. The summed E-state index contributed by atoms with van der Waals surface area (Å²) in [5.74, 6) is 0. The van der Waals surface area contributed by atoms with Crippen LogP contribution in [0.3, 0.4) is 0 Å². The van der Waals surface area contributed by atoms with Gasteiger partial charge in [-0.2, -0.15) is 0 Å². The molecule has 1 rings (SSSR count). The van der Waals surface area contributed by atoms with Crippen molar-refractivity contribution in [1.82, 2.24) is 4.90 Å².